The molecule has 0 aliphatic carbocycles. The van der Waals surface area contributed by atoms with Crippen LogP contribution in [0.2, 0.25) is 5.02 Å². The number of methoxy groups -OCH3 is 1. The van der Waals surface area contributed by atoms with Crippen LogP contribution >= 0.6 is 22.9 Å². The van der Waals surface area contributed by atoms with Crippen LogP contribution < -0.4 is 5.32 Å². The zero-order valence-electron chi connectivity index (χ0n) is 13.8. The van der Waals surface area contributed by atoms with Crippen molar-refractivity contribution in [2.24, 2.45) is 0 Å². The van der Waals surface area contributed by atoms with Crippen LogP contribution in [0.1, 0.15) is 21.1 Å². The van der Waals surface area contributed by atoms with Crippen molar-refractivity contribution in [1.29, 1.82) is 0 Å². The fourth-order valence-corrected chi connectivity index (χ4v) is 3.47. The van der Waals surface area contributed by atoms with Gasteiger partial charge in [0, 0.05) is 6.20 Å². The lowest BCUT2D eigenvalue weighted by Gasteiger charge is -2.10. The molecule has 1 aromatic carbocycles. The molecule has 128 valence electrons. The van der Waals surface area contributed by atoms with E-state index in [-0.39, 0.29) is 10.6 Å². The zero-order valence-corrected chi connectivity index (χ0v) is 15.4. The summed E-state index contributed by atoms with van der Waals surface area (Å²) in [5, 5.41) is 4.29. The van der Waals surface area contributed by atoms with E-state index in [9.17, 15) is 4.79 Å². The number of carbonyl (C=O) groups is 1. The summed E-state index contributed by atoms with van der Waals surface area (Å²) < 4.78 is 4.73. The molecule has 25 heavy (non-hydrogen) atoms. The van der Waals surface area contributed by atoms with E-state index in [0.717, 1.165) is 21.3 Å². The number of carbonyl (C=O) groups excluding carboxylic acids is 1. The molecule has 0 aliphatic rings. The molecule has 0 saturated heterocycles. The summed E-state index contributed by atoms with van der Waals surface area (Å²) in [5.74, 6) is -0.119. The molecule has 2 heterocycles. The molecule has 0 unspecified atom stereocenters. The van der Waals surface area contributed by atoms with Gasteiger partial charge in [0.2, 0.25) is 5.95 Å². The van der Waals surface area contributed by atoms with E-state index < -0.39 is 5.97 Å². The lowest BCUT2D eigenvalue weighted by Crippen LogP contribution is -2.04. The molecule has 1 N–H and O–H groups in total. The minimum atomic E-state index is -0.501. The van der Waals surface area contributed by atoms with E-state index in [2.05, 4.69) is 20.3 Å². The fraction of sp³-hybridized carbons (Fsp3) is 0.176. The Balaban J connectivity index is 1.93. The van der Waals surface area contributed by atoms with Gasteiger partial charge in [-0.25, -0.2) is 19.7 Å². The van der Waals surface area contributed by atoms with E-state index in [1.54, 1.807) is 35.7 Å². The van der Waals surface area contributed by atoms with Gasteiger partial charge in [-0.15, -0.1) is 11.3 Å². The highest BCUT2D eigenvalue weighted by molar-refractivity contribution is 7.15. The predicted octanol–water partition coefficient (Wildman–Crippen LogP) is 4.40. The number of hydrogen-bond acceptors (Lipinski definition) is 7. The maximum absolute atomic E-state index is 11.7. The van der Waals surface area contributed by atoms with Crippen molar-refractivity contribution in [2.45, 2.75) is 13.8 Å². The second-order valence-electron chi connectivity index (χ2n) is 5.20. The van der Waals surface area contributed by atoms with Gasteiger partial charge >= 0.3 is 5.97 Å². The smallest absolute Gasteiger partial charge is 0.339 e. The molecule has 3 aromatic rings. The third-order valence-electron chi connectivity index (χ3n) is 3.44. The number of nitrogens with zero attached hydrogens (tertiary/aromatic N) is 3. The molecular weight excluding hydrogens is 360 g/mol. The first kappa shape index (κ1) is 17.3. The Labute approximate surface area is 153 Å². The fourth-order valence-electron chi connectivity index (χ4n) is 2.33. The average Bonchev–Trinajstić information content (AvgIpc) is 2.95. The van der Waals surface area contributed by atoms with E-state index in [1.807, 2.05) is 19.9 Å². The van der Waals surface area contributed by atoms with Crippen LogP contribution in [0.25, 0.3) is 10.6 Å². The molecule has 0 radical (unpaired) electrons. The van der Waals surface area contributed by atoms with E-state index in [0.29, 0.717) is 11.6 Å². The Kier molecular flexibility index (Phi) is 4.96. The first-order valence-electron chi connectivity index (χ1n) is 7.41. The van der Waals surface area contributed by atoms with Crippen molar-refractivity contribution in [3.63, 3.8) is 0 Å². The minimum absolute atomic E-state index is 0.258. The van der Waals surface area contributed by atoms with Crippen LogP contribution in [0.15, 0.2) is 30.5 Å². The Hall–Kier alpha value is -2.51. The van der Waals surface area contributed by atoms with Crippen LogP contribution in [0.5, 0.6) is 0 Å². The second kappa shape index (κ2) is 7.16. The molecule has 3 rings (SSSR count). The molecule has 0 aliphatic heterocycles. The van der Waals surface area contributed by atoms with Crippen LogP contribution in [0, 0.1) is 13.8 Å². The Morgan fingerprint density at radius 2 is 2.04 bits per heavy atom. The number of thiazole rings is 1. The number of ether oxygens (including phenoxy) is 1. The Bertz CT molecular complexity index is 942. The summed E-state index contributed by atoms with van der Waals surface area (Å²) in [4.78, 5) is 25.9. The molecule has 0 atom stereocenters. The number of esters is 1. The minimum Gasteiger partial charge on any atom is -0.465 e. The molecule has 0 bridgehead atoms. The molecule has 2 aromatic heterocycles. The SMILES string of the molecule is COC(=O)c1cccc(Nc2nccc(-c3sc(C)nc3C)n2)c1Cl. The highest BCUT2D eigenvalue weighted by Crippen LogP contribution is 2.31. The van der Waals surface area contributed by atoms with Gasteiger partial charge in [0.15, 0.2) is 0 Å². The molecule has 0 saturated carbocycles. The molecule has 0 fully saturated rings. The van der Waals surface area contributed by atoms with Gasteiger partial charge in [-0.3, -0.25) is 0 Å². The van der Waals surface area contributed by atoms with Gasteiger partial charge in [-0.1, -0.05) is 17.7 Å². The van der Waals surface area contributed by atoms with E-state index >= 15 is 0 Å². The van der Waals surface area contributed by atoms with Crippen molar-refractivity contribution in [3.05, 3.63) is 51.7 Å². The molecule has 0 spiro atoms. The van der Waals surface area contributed by atoms with Crippen LogP contribution in [-0.4, -0.2) is 28.0 Å². The molecule has 6 nitrogen and oxygen atoms in total. The summed E-state index contributed by atoms with van der Waals surface area (Å²) in [6.45, 7) is 3.91. The van der Waals surface area contributed by atoms with Crippen LogP contribution in [0.4, 0.5) is 11.6 Å². The Morgan fingerprint density at radius 3 is 2.72 bits per heavy atom. The number of nitrogens with one attached hydrogen (secondary N) is 1. The number of aryl methyl sites for hydroxylation is 2. The summed E-state index contributed by atoms with van der Waals surface area (Å²) in [5.41, 5.74) is 2.51. The summed E-state index contributed by atoms with van der Waals surface area (Å²) in [7, 11) is 1.31. The lowest BCUT2D eigenvalue weighted by molar-refractivity contribution is 0.0601. The maximum atomic E-state index is 11.7. The van der Waals surface area contributed by atoms with Crippen molar-refractivity contribution in [3.8, 4) is 10.6 Å². The van der Waals surface area contributed by atoms with Crippen LogP contribution in [0.3, 0.4) is 0 Å². The molecule has 0 amide bonds. The van der Waals surface area contributed by atoms with Gasteiger partial charge in [0.25, 0.3) is 0 Å². The van der Waals surface area contributed by atoms with E-state index in [1.165, 1.54) is 7.11 Å². The monoisotopic (exact) mass is 374 g/mol. The molecular formula is C17H15ClN4O2S. The number of rotatable bonds is 4. The van der Waals surface area contributed by atoms with Gasteiger partial charge in [-0.2, -0.15) is 0 Å². The normalized spacial score (nSPS) is 10.6. The summed E-state index contributed by atoms with van der Waals surface area (Å²) in [6, 6.07) is 6.88. The lowest BCUT2D eigenvalue weighted by atomic mass is 10.2. The predicted molar refractivity (Wildman–Crippen MR) is 98.7 cm³/mol. The van der Waals surface area contributed by atoms with Crippen LogP contribution in [-0.2, 0) is 4.74 Å². The number of halogens is 1. The highest BCUT2D eigenvalue weighted by atomic mass is 35.5. The number of aromatic nitrogens is 3. The number of hydrogen-bond donors (Lipinski definition) is 1. The zero-order chi connectivity index (χ0) is 18.0. The van der Waals surface area contributed by atoms with Crippen molar-refractivity contribution in [2.75, 3.05) is 12.4 Å². The molecule has 8 heteroatoms. The number of anilines is 2. The van der Waals surface area contributed by atoms with Gasteiger partial charge in [0.1, 0.15) is 0 Å². The maximum Gasteiger partial charge on any atom is 0.339 e. The standard InChI is InChI=1S/C17H15ClN4O2S/c1-9-15(25-10(2)20-9)13-7-8-19-17(22-13)21-12-6-4-5-11(14(12)18)16(23)24-3/h4-8H,1-3H3,(H,19,21,22). The Morgan fingerprint density at radius 1 is 1.24 bits per heavy atom. The van der Waals surface area contributed by atoms with Crippen molar-refractivity contribution < 1.29 is 9.53 Å². The average molecular weight is 375 g/mol. The largest absolute Gasteiger partial charge is 0.465 e. The second-order valence-corrected chi connectivity index (χ2v) is 6.78. The van der Waals surface area contributed by atoms with Gasteiger partial charge in [-0.05, 0) is 32.0 Å². The quantitative estimate of drug-likeness (QED) is 0.682. The van der Waals surface area contributed by atoms with Crippen molar-refractivity contribution >= 4 is 40.5 Å². The topological polar surface area (TPSA) is 77.0 Å². The number of benzene rings is 1. The summed E-state index contributed by atoms with van der Waals surface area (Å²) >= 11 is 7.87. The first-order valence-corrected chi connectivity index (χ1v) is 8.60. The van der Waals surface area contributed by atoms with Gasteiger partial charge < -0.3 is 10.1 Å². The third kappa shape index (κ3) is 3.62. The van der Waals surface area contributed by atoms with Gasteiger partial charge in [0.05, 0.1) is 44.7 Å². The third-order valence-corrected chi connectivity index (χ3v) is 4.94. The summed E-state index contributed by atoms with van der Waals surface area (Å²) in [6.07, 6.45) is 1.66. The first-order chi connectivity index (χ1) is 12.0. The highest BCUT2D eigenvalue weighted by Gasteiger charge is 2.15. The van der Waals surface area contributed by atoms with E-state index in [4.69, 9.17) is 16.3 Å². The van der Waals surface area contributed by atoms with Crippen molar-refractivity contribution in [1.82, 2.24) is 15.0 Å².